The normalized spacial score (nSPS) is 9.95. The number of hydrogen-bond donors (Lipinski definition) is 4. The Morgan fingerprint density at radius 3 is 1.50 bits per heavy atom. The SMILES string of the molecule is NCCCC(=O)O.OCCOCCOCCOCCO. The predicted octanol–water partition coefficient (Wildman–Crippen LogP) is -1.17. The molecule has 0 bridgehead atoms. The highest BCUT2D eigenvalue weighted by Gasteiger charge is 1.91. The van der Waals surface area contributed by atoms with Gasteiger partial charge in [-0.15, -0.1) is 0 Å². The van der Waals surface area contributed by atoms with Gasteiger partial charge in [0.25, 0.3) is 0 Å². The molecule has 0 saturated heterocycles. The summed E-state index contributed by atoms with van der Waals surface area (Å²) in [6.07, 6.45) is 0.770. The van der Waals surface area contributed by atoms with Crippen molar-refractivity contribution in [1.29, 1.82) is 0 Å². The summed E-state index contributed by atoms with van der Waals surface area (Å²) in [7, 11) is 0. The molecule has 0 radical (unpaired) electrons. The lowest BCUT2D eigenvalue weighted by atomic mass is 10.3. The van der Waals surface area contributed by atoms with Gasteiger partial charge in [-0.25, -0.2) is 0 Å². The first kappa shape index (κ1) is 21.5. The zero-order chi connectivity index (χ0) is 15.5. The van der Waals surface area contributed by atoms with Gasteiger partial charge in [0.1, 0.15) is 0 Å². The first-order valence-electron chi connectivity index (χ1n) is 6.55. The zero-order valence-electron chi connectivity index (χ0n) is 11.8. The highest BCUT2D eigenvalue weighted by molar-refractivity contribution is 5.66. The molecule has 0 aromatic rings. The molecule has 0 heterocycles. The van der Waals surface area contributed by atoms with E-state index in [-0.39, 0.29) is 19.6 Å². The number of carboxylic acids is 1. The van der Waals surface area contributed by atoms with Gasteiger partial charge in [0.15, 0.2) is 0 Å². The van der Waals surface area contributed by atoms with E-state index in [1.165, 1.54) is 0 Å². The maximum absolute atomic E-state index is 9.70. The standard InChI is InChI=1S/C8H18O5.C4H9NO2/c9-1-3-11-5-7-13-8-6-12-4-2-10;5-3-1-2-4(6)7/h9-10H,1-8H2;1-3,5H2,(H,6,7). The van der Waals surface area contributed by atoms with Gasteiger partial charge in [-0.3, -0.25) is 4.79 Å². The quantitative estimate of drug-likeness (QED) is 0.313. The van der Waals surface area contributed by atoms with Crippen LogP contribution < -0.4 is 5.73 Å². The van der Waals surface area contributed by atoms with Crippen LogP contribution in [0.3, 0.4) is 0 Å². The highest BCUT2D eigenvalue weighted by Crippen LogP contribution is 1.82. The van der Waals surface area contributed by atoms with Crippen molar-refractivity contribution in [3.63, 3.8) is 0 Å². The van der Waals surface area contributed by atoms with Crippen molar-refractivity contribution in [2.45, 2.75) is 12.8 Å². The molecule has 0 spiro atoms. The van der Waals surface area contributed by atoms with Crippen molar-refractivity contribution in [2.24, 2.45) is 5.73 Å². The van der Waals surface area contributed by atoms with Crippen molar-refractivity contribution in [3.8, 4) is 0 Å². The van der Waals surface area contributed by atoms with Gasteiger partial charge in [0, 0.05) is 6.42 Å². The molecule has 8 nitrogen and oxygen atoms in total. The third-order valence-corrected chi connectivity index (χ3v) is 1.81. The molecule has 0 aliphatic heterocycles. The van der Waals surface area contributed by atoms with E-state index in [2.05, 4.69) is 0 Å². The fourth-order valence-electron chi connectivity index (χ4n) is 0.924. The van der Waals surface area contributed by atoms with Gasteiger partial charge in [-0.05, 0) is 13.0 Å². The van der Waals surface area contributed by atoms with Crippen LogP contribution in [0.5, 0.6) is 0 Å². The van der Waals surface area contributed by atoms with Crippen molar-refractivity contribution in [1.82, 2.24) is 0 Å². The van der Waals surface area contributed by atoms with Crippen LogP contribution in [-0.2, 0) is 19.0 Å². The van der Waals surface area contributed by atoms with E-state index in [1.54, 1.807) is 0 Å². The van der Waals surface area contributed by atoms with E-state index in [1.807, 2.05) is 0 Å². The first-order valence-corrected chi connectivity index (χ1v) is 6.55. The minimum absolute atomic E-state index is 0.0413. The molecular formula is C12H27NO7. The number of aliphatic hydroxyl groups excluding tert-OH is 2. The molecule has 0 saturated carbocycles. The van der Waals surface area contributed by atoms with Crippen LogP contribution in [0.2, 0.25) is 0 Å². The van der Waals surface area contributed by atoms with E-state index in [9.17, 15) is 4.79 Å². The Morgan fingerprint density at radius 1 is 0.850 bits per heavy atom. The first-order chi connectivity index (χ1) is 9.68. The lowest BCUT2D eigenvalue weighted by molar-refractivity contribution is -0.137. The summed E-state index contributed by atoms with van der Waals surface area (Å²) in [5, 5.41) is 24.7. The molecule has 0 fully saturated rings. The Kier molecular flexibility index (Phi) is 22.1. The second kappa shape index (κ2) is 20.5. The van der Waals surface area contributed by atoms with Crippen molar-refractivity contribution >= 4 is 5.97 Å². The summed E-state index contributed by atoms with van der Waals surface area (Å²) in [6.45, 7) is 3.23. The number of carbonyl (C=O) groups is 1. The minimum atomic E-state index is -0.773. The monoisotopic (exact) mass is 297 g/mol. The maximum atomic E-state index is 9.70. The summed E-state index contributed by atoms with van der Waals surface area (Å²) in [5.74, 6) is -0.773. The number of carboxylic acid groups (broad SMARTS) is 1. The Labute approximate surface area is 119 Å². The number of aliphatic carboxylic acids is 1. The molecule has 0 atom stereocenters. The maximum Gasteiger partial charge on any atom is 0.303 e. The molecule has 122 valence electrons. The van der Waals surface area contributed by atoms with Crippen molar-refractivity contribution in [2.75, 3.05) is 59.4 Å². The number of aliphatic hydroxyl groups is 2. The van der Waals surface area contributed by atoms with Crippen molar-refractivity contribution in [3.05, 3.63) is 0 Å². The van der Waals surface area contributed by atoms with Crippen LogP contribution >= 0.6 is 0 Å². The second-order valence-corrected chi connectivity index (χ2v) is 3.57. The highest BCUT2D eigenvalue weighted by atomic mass is 16.5. The van der Waals surface area contributed by atoms with Crippen LogP contribution in [0.15, 0.2) is 0 Å². The Hall–Kier alpha value is -0.770. The lowest BCUT2D eigenvalue weighted by Gasteiger charge is -2.04. The zero-order valence-corrected chi connectivity index (χ0v) is 11.8. The fourth-order valence-corrected chi connectivity index (χ4v) is 0.924. The Morgan fingerprint density at radius 2 is 1.25 bits per heavy atom. The van der Waals surface area contributed by atoms with Gasteiger partial charge in [-0.1, -0.05) is 0 Å². The van der Waals surface area contributed by atoms with Crippen LogP contribution in [0.1, 0.15) is 12.8 Å². The molecule has 0 aliphatic carbocycles. The van der Waals surface area contributed by atoms with Crippen LogP contribution in [0, 0.1) is 0 Å². The molecule has 0 aromatic heterocycles. The van der Waals surface area contributed by atoms with E-state index in [0.29, 0.717) is 52.6 Å². The largest absolute Gasteiger partial charge is 0.481 e. The second-order valence-electron chi connectivity index (χ2n) is 3.57. The Balaban J connectivity index is 0. The molecule has 8 heteroatoms. The average molecular weight is 297 g/mol. The van der Waals surface area contributed by atoms with Crippen LogP contribution in [0.25, 0.3) is 0 Å². The summed E-state index contributed by atoms with van der Waals surface area (Å²) < 4.78 is 15.0. The van der Waals surface area contributed by atoms with Gasteiger partial charge >= 0.3 is 5.97 Å². The number of hydrogen-bond acceptors (Lipinski definition) is 7. The smallest absolute Gasteiger partial charge is 0.303 e. The fraction of sp³-hybridized carbons (Fsp3) is 0.917. The van der Waals surface area contributed by atoms with Crippen molar-refractivity contribution < 1.29 is 34.3 Å². The molecule has 0 rings (SSSR count). The van der Waals surface area contributed by atoms with E-state index < -0.39 is 5.97 Å². The summed E-state index contributed by atoms with van der Waals surface area (Å²) >= 11 is 0. The molecule has 0 aliphatic rings. The molecular weight excluding hydrogens is 270 g/mol. The third-order valence-electron chi connectivity index (χ3n) is 1.81. The molecule has 0 aromatic carbocycles. The minimum Gasteiger partial charge on any atom is -0.481 e. The number of rotatable bonds is 13. The Bertz CT molecular complexity index is 183. The average Bonchev–Trinajstić information content (AvgIpc) is 2.44. The lowest BCUT2D eigenvalue weighted by Crippen LogP contribution is -2.11. The van der Waals surface area contributed by atoms with Gasteiger partial charge in [-0.2, -0.15) is 0 Å². The number of nitrogens with two attached hydrogens (primary N) is 1. The summed E-state index contributed by atoms with van der Waals surface area (Å²) in [5.41, 5.74) is 5.01. The summed E-state index contributed by atoms with van der Waals surface area (Å²) in [6, 6.07) is 0. The third kappa shape index (κ3) is 25.9. The van der Waals surface area contributed by atoms with E-state index >= 15 is 0 Å². The van der Waals surface area contributed by atoms with Gasteiger partial charge in [0.05, 0.1) is 52.9 Å². The number of ether oxygens (including phenoxy) is 3. The molecule has 0 amide bonds. The van der Waals surface area contributed by atoms with Gasteiger partial charge in [0.2, 0.25) is 0 Å². The van der Waals surface area contributed by atoms with Crippen LogP contribution in [-0.4, -0.2) is 80.7 Å². The van der Waals surface area contributed by atoms with E-state index in [0.717, 1.165) is 0 Å². The summed E-state index contributed by atoms with van der Waals surface area (Å²) in [4.78, 5) is 9.70. The van der Waals surface area contributed by atoms with Crippen LogP contribution in [0.4, 0.5) is 0 Å². The predicted molar refractivity (Wildman–Crippen MR) is 72.6 cm³/mol. The van der Waals surface area contributed by atoms with E-state index in [4.69, 9.17) is 35.3 Å². The molecule has 20 heavy (non-hydrogen) atoms. The van der Waals surface area contributed by atoms with Gasteiger partial charge < -0.3 is 35.3 Å². The topological polar surface area (TPSA) is 131 Å². The molecule has 5 N–H and O–H groups in total. The molecule has 0 unspecified atom stereocenters.